The Morgan fingerprint density at radius 3 is 1.68 bits per heavy atom. The Kier molecular flexibility index (Phi) is 8.44. The van der Waals surface area contributed by atoms with Crippen LogP contribution in [-0.4, -0.2) is 26.9 Å². The van der Waals surface area contributed by atoms with Crippen LogP contribution in [0.3, 0.4) is 0 Å². The zero-order valence-electron chi connectivity index (χ0n) is 15.1. The molecule has 0 aliphatic carbocycles. The lowest BCUT2D eigenvalue weighted by atomic mass is 10.2. The normalized spacial score (nSPS) is 10.0. The molecule has 0 bridgehead atoms. The minimum absolute atomic E-state index is 0.550. The number of unbranched alkanes of at least 4 members (excludes halogenated alkanes) is 2. The van der Waals surface area contributed by atoms with Crippen molar-refractivity contribution in [1.82, 2.24) is 0 Å². The second-order valence-electron chi connectivity index (χ2n) is 5.70. The summed E-state index contributed by atoms with van der Waals surface area (Å²) in [6.07, 6.45) is 3.52. The SMILES string of the molecule is CCCCCOc1ccc(C#Cc2ccc(OCCOC)cc2)cc1. The van der Waals surface area contributed by atoms with Gasteiger partial charge in [0.2, 0.25) is 0 Å². The lowest BCUT2D eigenvalue weighted by molar-refractivity contribution is 0.146. The van der Waals surface area contributed by atoms with Crippen LogP contribution in [0, 0.1) is 11.8 Å². The second kappa shape index (κ2) is 11.2. The fourth-order valence-corrected chi connectivity index (χ4v) is 2.20. The van der Waals surface area contributed by atoms with Crippen LogP contribution in [-0.2, 0) is 4.74 Å². The summed E-state index contributed by atoms with van der Waals surface area (Å²) in [4.78, 5) is 0. The Bertz CT molecular complexity index is 663. The smallest absolute Gasteiger partial charge is 0.119 e. The van der Waals surface area contributed by atoms with Crippen molar-refractivity contribution in [3.05, 3.63) is 59.7 Å². The summed E-state index contributed by atoms with van der Waals surface area (Å²) in [6.45, 7) is 4.10. The highest BCUT2D eigenvalue weighted by atomic mass is 16.5. The summed E-state index contributed by atoms with van der Waals surface area (Å²) in [5, 5.41) is 0. The summed E-state index contributed by atoms with van der Waals surface area (Å²) < 4.78 is 16.2. The van der Waals surface area contributed by atoms with Gasteiger partial charge in [-0.3, -0.25) is 0 Å². The van der Waals surface area contributed by atoms with Crippen LogP contribution in [0.25, 0.3) is 0 Å². The average molecular weight is 338 g/mol. The van der Waals surface area contributed by atoms with Crippen LogP contribution < -0.4 is 9.47 Å². The zero-order valence-corrected chi connectivity index (χ0v) is 15.1. The first-order chi connectivity index (χ1) is 12.3. The molecule has 2 aromatic carbocycles. The molecule has 2 rings (SSSR count). The maximum atomic E-state index is 5.71. The monoisotopic (exact) mass is 338 g/mol. The lowest BCUT2D eigenvalue weighted by Gasteiger charge is -2.05. The molecule has 0 amide bonds. The molecule has 0 radical (unpaired) electrons. The molecule has 0 saturated carbocycles. The minimum atomic E-state index is 0.550. The first-order valence-electron chi connectivity index (χ1n) is 8.78. The number of rotatable bonds is 9. The van der Waals surface area contributed by atoms with Gasteiger partial charge >= 0.3 is 0 Å². The third kappa shape index (κ3) is 7.32. The molecule has 2 aromatic rings. The van der Waals surface area contributed by atoms with Crippen molar-refractivity contribution in [3.63, 3.8) is 0 Å². The quantitative estimate of drug-likeness (QED) is 0.491. The Morgan fingerprint density at radius 2 is 1.20 bits per heavy atom. The highest BCUT2D eigenvalue weighted by Crippen LogP contribution is 2.14. The first kappa shape index (κ1) is 18.9. The van der Waals surface area contributed by atoms with E-state index in [1.54, 1.807) is 7.11 Å². The van der Waals surface area contributed by atoms with Crippen molar-refractivity contribution in [3.8, 4) is 23.3 Å². The van der Waals surface area contributed by atoms with Gasteiger partial charge < -0.3 is 14.2 Å². The van der Waals surface area contributed by atoms with Gasteiger partial charge in [0.25, 0.3) is 0 Å². The second-order valence-corrected chi connectivity index (χ2v) is 5.70. The van der Waals surface area contributed by atoms with Crippen LogP contribution in [0.2, 0.25) is 0 Å². The van der Waals surface area contributed by atoms with Gasteiger partial charge in [-0.2, -0.15) is 0 Å². The summed E-state index contributed by atoms with van der Waals surface area (Å²) in [7, 11) is 1.66. The fraction of sp³-hybridized carbons (Fsp3) is 0.364. The van der Waals surface area contributed by atoms with E-state index in [2.05, 4.69) is 18.8 Å². The first-order valence-corrected chi connectivity index (χ1v) is 8.78. The molecule has 0 aliphatic rings. The molecule has 0 N–H and O–H groups in total. The van der Waals surface area contributed by atoms with E-state index in [4.69, 9.17) is 14.2 Å². The zero-order chi connectivity index (χ0) is 17.7. The van der Waals surface area contributed by atoms with E-state index in [1.807, 2.05) is 48.5 Å². The molecule has 0 atom stereocenters. The number of methoxy groups -OCH3 is 1. The maximum Gasteiger partial charge on any atom is 0.119 e. The molecule has 0 unspecified atom stereocenters. The van der Waals surface area contributed by atoms with E-state index in [9.17, 15) is 0 Å². The molecule has 0 spiro atoms. The summed E-state index contributed by atoms with van der Waals surface area (Å²) in [6, 6.07) is 15.7. The summed E-state index contributed by atoms with van der Waals surface area (Å²) >= 11 is 0. The predicted octanol–water partition coefficient (Wildman–Crippen LogP) is 4.68. The molecule has 3 heteroatoms. The van der Waals surface area contributed by atoms with Crippen LogP contribution in [0.1, 0.15) is 37.3 Å². The minimum Gasteiger partial charge on any atom is -0.494 e. The van der Waals surface area contributed by atoms with Crippen molar-refractivity contribution in [1.29, 1.82) is 0 Å². The van der Waals surface area contributed by atoms with Crippen molar-refractivity contribution in [2.75, 3.05) is 26.9 Å². The van der Waals surface area contributed by atoms with Crippen molar-refractivity contribution >= 4 is 0 Å². The van der Waals surface area contributed by atoms with E-state index >= 15 is 0 Å². The van der Waals surface area contributed by atoms with Crippen molar-refractivity contribution in [2.24, 2.45) is 0 Å². The van der Waals surface area contributed by atoms with E-state index in [1.165, 1.54) is 12.8 Å². The lowest BCUT2D eigenvalue weighted by Crippen LogP contribution is -2.03. The van der Waals surface area contributed by atoms with Gasteiger partial charge in [0.05, 0.1) is 13.2 Å². The largest absolute Gasteiger partial charge is 0.494 e. The van der Waals surface area contributed by atoms with Gasteiger partial charge in [0, 0.05) is 18.2 Å². The van der Waals surface area contributed by atoms with Crippen molar-refractivity contribution < 1.29 is 14.2 Å². The fourth-order valence-electron chi connectivity index (χ4n) is 2.20. The van der Waals surface area contributed by atoms with Crippen molar-refractivity contribution in [2.45, 2.75) is 26.2 Å². The Balaban J connectivity index is 1.85. The molecule has 0 aromatic heterocycles. The van der Waals surface area contributed by atoms with E-state index in [0.29, 0.717) is 13.2 Å². The van der Waals surface area contributed by atoms with Gasteiger partial charge in [-0.05, 0) is 55.0 Å². The number of hydrogen-bond acceptors (Lipinski definition) is 3. The highest BCUT2D eigenvalue weighted by molar-refractivity contribution is 5.45. The Morgan fingerprint density at radius 1 is 0.680 bits per heavy atom. The predicted molar refractivity (Wildman–Crippen MR) is 101 cm³/mol. The summed E-state index contributed by atoms with van der Waals surface area (Å²) in [5.41, 5.74) is 1.93. The Labute approximate surface area is 150 Å². The molecular formula is C22H26O3. The van der Waals surface area contributed by atoms with Crippen LogP contribution in [0.5, 0.6) is 11.5 Å². The molecule has 0 saturated heterocycles. The van der Waals surface area contributed by atoms with Crippen LogP contribution in [0.4, 0.5) is 0 Å². The highest BCUT2D eigenvalue weighted by Gasteiger charge is 1.95. The van der Waals surface area contributed by atoms with Crippen LogP contribution in [0.15, 0.2) is 48.5 Å². The van der Waals surface area contributed by atoms with Crippen LogP contribution >= 0.6 is 0 Å². The van der Waals surface area contributed by atoms with Gasteiger partial charge in [0.15, 0.2) is 0 Å². The van der Waals surface area contributed by atoms with Gasteiger partial charge in [0.1, 0.15) is 18.1 Å². The summed E-state index contributed by atoms with van der Waals surface area (Å²) in [5.74, 6) is 8.06. The Hall–Kier alpha value is -2.44. The van der Waals surface area contributed by atoms with Gasteiger partial charge in [-0.25, -0.2) is 0 Å². The third-order valence-electron chi connectivity index (χ3n) is 3.63. The molecular weight excluding hydrogens is 312 g/mol. The maximum absolute atomic E-state index is 5.71. The molecule has 25 heavy (non-hydrogen) atoms. The molecule has 0 fully saturated rings. The standard InChI is InChI=1S/C22H26O3/c1-3-4-5-16-24-21-12-8-19(9-13-21)6-7-20-10-14-22(15-11-20)25-18-17-23-2/h8-15H,3-5,16-18H2,1-2H3. The van der Waals surface area contributed by atoms with E-state index in [0.717, 1.165) is 35.7 Å². The molecule has 132 valence electrons. The van der Waals surface area contributed by atoms with Gasteiger partial charge in [-0.1, -0.05) is 31.6 Å². The molecule has 0 heterocycles. The number of benzene rings is 2. The van der Waals surface area contributed by atoms with E-state index in [-0.39, 0.29) is 0 Å². The number of hydrogen-bond donors (Lipinski definition) is 0. The molecule has 3 nitrogen and oxygen atoms in total. The average Bonchev–Trinajstić information content (AvgIpc) is 2.66. The number of ether oxygens (including phenoxy) is 3. The third-order valence-corrected chi connectivity index (χ3v) is 3.63. The van der Waals surface area contributed by atoms with E-state index < -0.39 is 0 Å². The molecule has 0 aliphatic heterocycles. The topological polar surface area (TPSA) is 27.7 Å². The van der Waals surface area contributed by atoms with Gasteiger partial charge in [-0.15, -0.1) is 0 Å².